The van der Waals surface area contributed by atoms with Gasteiger partial charge >= 0.3 is 0 Å². The van der Waals surface area contributed by atoms with Gasteiger partial charge in [0.25, 0.3) is 0 Å². The van der Waals surface area contributed by atoms with Crippen LogP contribution in [0, 0.1) is 0 Å². The summed E-state index contributed by atoms with van der Waals surface area (Å²) >= 11 is 4.75. The monoisotopic (exact) mass is 282 g/mol. The third-order valence-corrected chi connectivity index (χ3v) is 3.90. The van der Waals surface area contributed by atoms with E-state index in [-0.39, 0.29) is 30.0 Å². The molecule has 2 N–H and O–H groups in total. The Morgan fingerprint density at radius 2 is 2.06 bits per heavy atom. The minimum absolute atomic E-state index is 0.0282. The van der Waals surface area contributed by atoms with Crippen molar-refractivity contribution >= 4 is 27.2 Å². The topological polar surface area (TPSA) is 72.6 Å². The summed E-state index contributed by atoms with van der Waals surface area (Å²) in [7, 11) is -3.33. The van der Waals surface area contributed by atoms with Gasteiger partial charge in [0.05, 0.1) is 30.0 Å². The first-order chi connectivity index (χ1) is 7.79. The third kappa shape index (κ3) is 7.64. The van der Waals surface area contributed by atoms with Crippen LogP contribution in [0.15, 0.2) is 0 Å². The summed E-state index contributed by atoms with van der Waals surface area (Å²) in [5, 5.41) is 0. The zero-order chi connectivity index (χ0) is 13.5. The quantitative estimate of drug-likeness (QED) is 0.631. The van der Waals surface area contributed by atoms with Crippen molar-refractivity contribution in [3.05, 3.63) is 0 Å². The van der Waals surface area contributed by atoms with Gasteiger partial charge in [-0.2, -0.15) is 4.31 Å². The van der Waals surface area contributed by atoms with Gasteiger partial charge in [-0.3, -0.25) is 0 Å². The molecule has 0 aliphatic carbocycles. The van der Waals surface area contributed by atoms with Crippen molar-refractivity contribution in [1.82, 2.24) is 4.31 Å². The van der Waals surface area contributed by atoms with Crippen molar-refractivity contribution in [2.45, 2.75) is 33.3 Å². The predicted molar refractivity (Wildman–Crippen MR) is 73.5 cm³/mol. The molecule has 0 aromatic carbocycles. The lowest BCUT2D eigenvalue weighted by atomic mass is 10.5. The maximum Gasteiger partial charge on any atom is 0.216 e. The smallest absolute Gasteiger partial charge is 0.216 e. The van der Waals surface area contributed by atoms with Crippen LogP contribution in [0.4, 0.5) is 0 Å². The van der Waals surface area contributed by atoms with E-state index in [0.717, 1.165) is 6.42 Å². The van der Waals surface area contributed by atoms with Crippen LogP contribution < -0.4 is 5.73 Å². The number of nitrogens with two attached hydrogens (primary N) is 1. The number of rotatable bonds is 9. The van der Waals surface area contributed by atoms with E-state index in [0.29, 0.717) is 6.54 Å². The summed E-state index contributed by atoms with van der Waals surface area (Å²) in [6.07, 6.45) is 0.757. The first-order valence-corrected chi connectivity index (χ1v) is 7.69. The van der Waals surface area contributed by atoms with E-state index in [9.17, 15) is 8.42 Å². The molecule has 7 heteroatoms. The normalized spacial score (nSPS) is 12.3. The highest BCUT2D eigenvalue weighted by molar-refractivity contribution is 7.89. The van der Waals surface area contributed by atoms with E-state index in [4.69, 9.17) is 22.7 Å². The SMILES string of the molecule is CCCN(CC(N)=S)S(=O)(=O)CCOC(C)C. The second kappa shape index (κ2) is 7.97. The minimum atomic E-state index is -3.33. The number of ether oxygens (including phenoxy) is 1. The van der Waals surface area contributed by atoms with Crippen molar-refractivity contribution in [3.63, 3.8) is 0 Å². The molecule has 0 saturated carbocycles. The van der Waals surface area contributed by atoms with E-state index < -0.39 is 10.0 Å². The first-order valence-electron chi connectivity index (χ1n) is 5.67. The van der Waals surface area contributed by atoms with E-state index >= 15 is 0 Å². The Bertz CT molecular complexity index is 328. The van der Waals surface area contributed by atoms with Gasteiger partial charge in [-0.15, -0.1) is 0 Å². The van der Waals surface area contributed by atoms with Gasteiger partial charge in [-0.05, 0) is 20.3 Å². The van der Waals surface area contributed by atoms with E-state index in [1.807, 2.05) is 20.8 Å². The van der Waals surface area contributed by atoms with Crippen molar-refractivity contribution in [2.24, 2.45) is 5.73 Å². The van der Waals surface area contributed by atoms with Crippen LogP contribution in [0.1, 0.15) is 27.2 Å². The fourth-order valence-corrected chi connectivity index (χ4v) is 2.86. The van der Waals surface area contributed by atoms with Crippen LogP contribution in [0.25, 0.3) is 0 Å². The number of sulfonamides is 1. The van der Waals surface area contributed by atoms with Crippen molar-refractivity contribution in [3.8, 4) is 0 Å². The molecule has 0 heterocycles. The Kier molecular flexibility index (Phi) is 7.85. The molecule has 0 aromatic rings. The summed E-state index contributed by atoms with van der Waals surface area (Å²) in [6.45, 7) is 6.37. The fraction of sp³-hybridized carbons (Fsp3) is 0.900. The van der Waals surface area contributed by atoms with Gasteiger partial charge in [0.1, 0.15) is 0 Å². The summed E-state index contributed by atoms with van der Waals surface area (Å²) in [5.74, 6) is -0.0339. The average Bonchev–Trinajstić information content (AvgIpc) is 2.15. The summed E-state index contributed by atoms with van der Waals surface area (Å²) in [6, 6.07) is 0. The fourth-order valence-electron chi connectivity index (χ4n) is 1.26. The lowest BCUT2D eigenvalue weighted by Gasteiger charge is -2.21. The molecule has 0 saturated heterocycles. The number of thiocarbonyl (C=S) groups is 1. The van der Waals surface area contributed by atoms with Crippen LogP contribution in [-0.4, -0.2) is 49.3 Å². The Labute approximate surface area is 109 Å². The number of hydrogen-bond acceptors (Lipinski definition) is 4. The molecule has 0 fully saturated rings. The van der Waals surface area contributed by atoms with Crippen molar-refractivity contribution in [1.29, 1.82) is 0 Å². The first kappa shape index (κ1) is 16.8. The molecule has 0 spiro atoms. The van der Waals surface area contributed by atoms with Gasteiger partial charge in [0, 0.05) is 6.54 Å². The zero-order valence-corrected chi connectivity index (χ0v) is 12.3. The lowest BCUT2D eigenvalue weighted by Crippen LogP contribution is -2.40. The predicted octanol–water partition coefficient (Wildman–Crippen LogP) is 0.739. The lowest BCUT2D eigenvalue weighted by molar-refractivity contribution is 0.0907. The minimum Gasteiger partial charge on any atom is -0.392 e. The van der Waals surface area contributed by atoms with Gasteiger partial charge in [-0.25, -0.2) is 8.42 Å². The van der Waals surface area contributed by atoms with Gasteiger partial charge in [0.15, 0.2) is 0 Å². The highest BCUT2D eigenvalue weighted by Crippen LogP contribution is 2.04. The molecule has 17 heavy (non-hydrogen) atoms. The molecule has 0 aliphatic rings. The van der Waals surface area contributed by atoms with Crippen LogP contribution in [0.2, 0.25) is 0 Å². The summed E-state index contributed by atoms with van der Waals surface area (Å²) in [4.78, 5) is 0.187. The molecule has 0 unspecified atom stereocenters. The van der Waals surface area contributed by atoms with Crippen LogP contribution in [-0.2, 0) is 14.8 Å². The Morgan fingerprint density at radius 3 is 2.47 bits per heavy atom. The molecule has 0 atom stereocenters. The van der Waals surface area contributed by atoms with Crippen LogP contribution >= 0.6 is 12.2 Å². The molecular formula is C10H22N2O3S2. The highest BCUT2D eigenvalue weighted by atomic mass is 32.2. The summed E-state index contributed by atoms with van der Waals surface area (Å²) in [5.41, 5.74) is 5.39. The van der Waals surface area contributed by atoms with Crippen molar-refractivity contribution < 1.29 is 13.2 Å². The van der Waals surface area contributed by atoms with Gasteiger partial charge in [-0.1, -0.05) is 19.1 Å². The average molecular weight is 282 g/mol. The molecule has 5 nitrogen and oxygen atoms in total. The summed E-state index contributed by atoms with van der Waals surface area (Å²) < 4.78 is 30.5. The second-order valence-electron chi connectivity index (χ2n) is 4.04. The second-order valence-corrected chi connectivity index (χ2v) is 6.65. The number of hydrogen-bond donors (Lipinski definition) is 1. The molecule has 0 rings (SSSR count). The molecular weight excluding hydrogens is 260 g/mol. The van der Waals surface area contributed by atoms with E-state index in [1.165, 1.54) is 4.31 Å². The molecule has 0 aliphatic heterocycles. The van der Waals surface area contributed by atoms with Crippen LogP contribution in [0.5, 0.6) is 0 Å². The largest absolute Gasteiger partial charge is 0.392 e. The maximum atomic E-state index is 12.0. The zero-order valence-electron chi connectivity index (χ0n) is 10.7. The number of nitrogens with zero attached hydrogens (tertiary/aromatic N) is 1. The van der Waals surface area contributed by atoms with E-state index in [1.54, 1.807) is 0 Å². The molecule has 0 amide bonds. The molecule has 102 valence electrons. The van der Waals surface area contributed by atoms with Crippen molar-refractivity contribution in [2.75, 3.05) is 25.4 Å². The van der Waals surface area contributed by atoms with E-state index in [2.05, 4.69) is 0 Å². The standard InChI is InChI=1S/C10H22N2O3S2/c1-4-5-12(8-10(11)16)17(13,14)7-6-15-9(2)3/h9H,4-8H2,1-3H3,(H2,11,16). The maximum absolute atomic E-state index is 12.0. The Hall–Kier alpha value is -0.240. The third-order valence-electron chi connectivity index (χ3n) is 1.99. The Morgan fingerprint density at radius 1 is 1.47 bits per heavy atom. The van der Waals surface area contributed by atoms with Gasteiger partial charge < -0.3 is 10.5 Å². The van der Waals surface area contributed by atoms with Gasteiger partial charge in [0.2, 0.25) is 10.0 Å². The Balaban J connectivity index is 4.44. The molecule has 0 aromatic heterocycles. The molecule has 0 radical (unpaired) electrons. The highest BCUT2D eigenvalue weighted by Gasteiger charge is 2.21. The van der Waals surface area contributed by atoms with Crippen LogP contribution in [0.3, 0.4) is 0 Å². The molecule has 0 bridgehead atoms.